The molecule has 17 heavy (non-hydrogen) atoms. The number of aromatic nitrogens is 3. The van der Waals surface area contributed by atoms with Crippen molar-refractivity contribution in [3.05, 3.63) is 5.82 Å². The fourth-order valence-corrected chi connectivity index (χ4v) is 3.02. The zero-order valence-electron chi connectivity index (χ0n) is 10.3. The summed E-state index contributed by atoms with van der Waals surface area (Å²) in [5.74, 6) is 1.56. The molecule has 0 amide bonds. The third-order valence-electron chi connectivity index (χ3n) is 2.99. The summed E-state index contributed by atoms with van der Waals surface area (Å²) in [6.07, 6.45) is 1.02. The molecule has 2 rings (SSSR count). The second-order valence-electron chi connectivity index (χ2n) is 5.60. The first-order valence-electron chi connectivity index (χ1n) is 5.53. The lowest BCUT2D eigenvalue weighted by Crippen LogP contribution is -2.27. The summed E-state index contributed by atoms with van der Waals surface area (Å²) < 4.78 is 24.6. The molecule has 2 atom stereocenters. The molecule has 1 heterocycles. The summed E-state index contributed by atoms with van der Waals surface area (Å²) >= 11 is 0. The van der Waals surface area contributed by atoms with E-state index in [0.29, 0.717) is 11.8 Å². The first-order chi connectivity index (χ1) is 7.62. The van der Waals surface area contributed by atoms with Crippen molar-refractivity contribution in [3.63, 3.8) is 0 Å². The SMILES string of the molecule is CC1CC1c1nnc(S(=O)(=O)Cl)n1C(C)(C)C. The van der Waals surface area contributed by atoms with Crippen molar-refractivity contribution in [1.82, 2.24) is 14.8 Å². The van der Waals surface area contributed by atoms with Gasteiger partial charge in [-0.15, -0.1) is 10.2 Å². The summed E-state index contributed by atoms with van der Waals surface area (Å²) in [7, 11) is 1.54. The quantitative estimate of drug-likeness (QED) is 0.777. The average Bonchev–Trinajstić information content (AvgIpc) is 2.69. The third-order valence-corrected chi connectivity index (χ3v) is 4.10. The van der Waals surface area contributed by atoms with Gasteiger partial charge in [0.2, 0.25) is 0 Å². The first-order valence-corrected chi connectivity index (χ1v) is 7.83. The second kappa shape index (κ2) is 3.68. The van der Waals surface area contributed by atoms with E-state index >= 15 is 0 Å². The Bertz CT molecular complexity index is 544. The molecule has 7 heteroatoms. The van der Waals surface area contributed by atoms with Crippen molar-refractivity contribution in [3.8, 4) is 0 Å². The summed E-state index contributed by atoms with van der Waals surface area (Å²) in [5, 5.41) is 7.60. The lowest BCUT2D eigenvalue weighted by molar-refractivity contribution is 0.350. The Labute approximate surface area is 106 Å². The number of rotatable bonds is 2. The molecule has 96 valence electrons. The van der Waals surface area contributed by atoms with Gasteiger partial charge in [-0.25, -0.2) is 8.42 Å². The highest BCUT2D eigenvalue weighted by Crippen LogP contribution is 2.47. The fraction of sp³-hybridized carbons (Fsp3) is 0.800. The molecule has 0 radical (unpaired) electrons. The van der Waals surface area contributed by atoms with Crippen LogP contribution < -0.4 is 0 Å². The summed E-state index contributed by atoms with van der Waals surface area (Å²) in [4.78, 5) is 0. The molecular formula is C10H16ClN3O2S. The summed E-state index contributed by atoms with van der Waals surface area (Å²) in [6.45, 7) is 7.86. The van der Waals surface area contributed by atoms with Crippen LogP contribution in [-0.4, -0.2) is 23.2 Å². The molecule has 0 aliphatic heterocycles. The third kappa shape index (κ3) is 2.33. The Morgan fingerprint density at radius 2 is 1.88 bits per heavy atom. The molecule has 2 unspecified atom stereocenters. The van der Waals surface area contributed by atoms with Crippen LogP contribution in [0.1, 0.15) is 45.9 Å². The molecule has 5 nitrogen and oxygen atoms in total. The van der Waals surface area contributed by atoms with E-state index in [0.717, 1.165) is 12.2 Å². The van der Waals surface area contributed by atoms with E-state index in [1.807, 2.05) is 20.8 Å². The van der Waals surface area contributed by atoms with Gasteiger partial charge in [-0.1, -0.05) is 6.92 Å². The maximum Gasteiger partial charge on any atom is 0.296 e. The van der Waals surface area contributed by atoms with Gasteiger partial charge >= 0.3 is 0 Å². The summed E-state index contributed by atoms with van der Waals surface area (Å²) in [5.41, 5.74) is -0.404. The van der Waals surface area contributed by atoms with Crippen molar-refractivity contribution in [2.24, 2.45) is 5.92 Å². The Balaban J connectivity index is 2.60. The fourth-order valence-electron chi connectivity index (χ4n) is 1.99. The van der Waals surface area contributed by atoms with Gasteiger partial charge in [0, 0.05) is 22.1 Å². The Kier molecular flexibility index (Phi) is 2.78. The van der Waals surface area contributed by atoms with E-state index in [4.69, 9.17) is 10.7 Å². The molecule has 0 bridgehead atoms. The molecule has 1 saturated carbocycles. The van der Waals surface area contributed by atoms with Crippen LogP contribution in [0.3, 0.4) is 0 Å². The van der Waals surface area contributed by atoms with Gasteiger partial charge in [-0.05, 0) is 33.1 Å². The lowest BCUT2D eigenvalue weighted by atomic mass is 10.1. The molecular weight excluding hydrogens is 262 g/mol. The number of nitrogens with zero attached hydrogens (tertiary/aromatic N) is 3. The van der Waals surface area contributed by atoms with Crippen molar-refractivity contribution < 1.29 is 8.42 Å². The van der Waals surface area contributed by atoms with Gasteiger partial charge in [0.1, 0.15) is 5.82 Å². The molecule has 1 aliphatic rings. The monoisotopic (exact) mass is 277 g/mol. The predicted octanol–water partition coefficient (Wildman–Crippen LogP) is 2.08. The number of hydrogen-bond donors (Lipinski definition) is 0. The molecule has 1 aromatic heterocycles. The van der Waals surface area contributed by atoms with Crippen molar-refractivity contribution in [2.75, 3.05) is 0 Å². The zero-order chi connectivity index (χ0) is 13.0. The maximum atomic E-state index is 11.5. The van der Waals surface area contributed by atoms with Crippen LogP contribution in [0.2, 0.25) is 0 Å². The highest BCUT2D eigenvalue weighted by molar-refractivity contribution is 8.13. The Hall–Kier alpha value is -0.620. The molecule has 0 spiro atoms. The van der Waals surface area contributed by atoms with E-state index in [2.05, 4.69) is 17.1 Å². The molecule has 1 aliphatic carbocycles. The van der Waals surface area contributed by atoms with Crippen LogP contribution in [0, 0.1) is 5.92 Å². The van der Waals surface area contributed by atoms with E-state index in [-0.39, 0.29) is 5.16 Å². The number of halogens is 1. The predicted molar refractivity (Wildman–Crippen MR) is 64.6 cm³/mol. The highest BCUT2D eigenvalue weighted by Gasteiger charge is 2.42. The Morgan fingerprint density at radius 3 is 2.24 bits per heavy atom. The molecule has 1 aromatic rings. The Morgan fingerprint density at radius 1 is 1.35 bits per heavy atom. The van der Waals surface area contributed by atoms with Crippen molar-refractivity contribution in [2.45, 2.75) is 50.7 Å². The van der Waals surface area contributed by atoms with E-state index < -0.39 is 14.6 Å². The van der Waals surface area contributed by atoms with Crippen LogP contribution in [0.25, 0.3) is 0 Å². The van der Waals surface area contributed by atoms with Crippen LogP contribution >= 0.6 is 10.7 Å². The first kappa shape index (κ1) is 12.8. The van der Waals surface area contributed by atoms with Gasteiger partial charge < -0.3 is 0 Å². The van der Waals surface area contributed by atoms with Gasteiger partial charge in [0.15, 0.2) is 0 Å². The topological polar surface area (TPSA) is 64.8 Å². The molecule has 0 saturated heterocycles. The highest BCUT2D eigenvalue weighted by atomic mass is 35.7. The minimum atomic E-state index is -3.86. The van der Waals surface area contributed by atoms with E-state index in [1.54, 1.807) is 4.57 Å². The smallest absolute Gasteiger partial charge is 0.295 e. The van der Waals surface area contributed by atoms with Crippen LogP contribution in [0.4, 0.5) is 0 Å². The van der Waals surface area contributed by atoms with Crippen molar-refractivity contribution in [1.29, 1.82) is 0 Å². The molecule has 1 fully saturated rings. The van der Waals surface area contributed by atoms with Crippen LogP contribution in [0.5, 0.6) is 0 Å². The zero-order valence-corrected chi connectivity index (χ0v) is 11.9. The van der Waals surface area contributed by atoms with Gasteiger partial charge in [0.05, 0.1) is 0 Å². The van der Waals surface area contributed by atoms with Gasteiger partial charge in [0.25, 0.3) is 14.2 Å². The maximum absolute atomic E-state index is 11.5. The van der Waals surface area contributed by atoms with E-state index in [1.165, 1.54) is 0 Å². The van der Waals surface area contributed by atoms with Crippen LogP contribution in [0.15, 0.2) is 5.16 Å². The van der Waals surface area contributed by atoms with Crippen molar-refractivity contribution >= 4 is 19.7 Å². The van der Waals surface area contributed by atoms with Crippen LogP contribution in [-0.2, 0) is 14.6 Å². The minimum absolute atomic E-state index is 0.152. The standard InChI is InChI=1S/C10H16ClN3O2S/c1-6-5-7(6)8-12-13-9(17(11,15)16)14(8)10(2,3)4/h6-7H,5H2,1-4H3. The number of hydrogen-bond acceptors (Lipinski definition) is 4. The lowest BCUT2D eigenvalue weighted by Gasteiger charge is -2.24. The molecule has 0 N–H and O–H groups in total. The normalized spacial score (nSPS) is 25.0. The second-order valence-corrected chi connectivity index (χ2v) is 8.06. The largest absolute Gasteiger partial charge is 0.296 e. The molecule has 0 aromatic carbocycles. The summed E-state index contributed by atoms with van der Waals surface area (Å²) in [6, 6.07) is 0. The van der Waals surface area contributed by atoms with Gasteiger partial charge in [-0.3, -0.25) is 4.57 Å². The van der Waals surface area contributed by atoms with Gasteiger partial charge in [-0.2, -0.15) is 0 Å². The minimum Gasteiger partial charge on any atom is -0.295 e. The van der Waals surface area contributed by atoms with E-state index in [9.17, 15) is 8.42 Å². The average molecular weight is 278 g/mol.